The van der Waals surface area contributed by atoms with E-state index in [1.54, 1.807) is 13.0 Å². The van der Waals surface area contributed by atoms with Crippen molar-refractivity contribution in [1.29, 1.82) is 0 Å². The molecule has 0 unspecified atom stereocenters. The second kappa shape index (κ2) is 6.59. The molecule has 0 bridgehead atoms. The standard InChI is InChI=1S/C17H21NO3/c1-12-7-5-6-8-14(12)10-18(3)11-15-9-16(13(2)21-15)17(19)20-4/h5-9H,10-11H2,1-4H3. The molecule has 21 heavy (non-hydrogen) atoms. The zero-order chi connectivity index (χ0) is 15.4. The molecular weight excluding hydrogens is 266 g/mol. The Balaban J connectivity index is 2.05. The van der Waals surface area contributed by atoms with E-state index in [-0.39, 0.29) is 5.97 Å². The first-order chi connectivity index (χ1) is 10.0. The number of hydrogen-bond donors (Lipinski definition) is 0. The third-order valence-electron chi connectivity index (χ3n) is 3.50. The fourth-order valence-corrected chi connectivity index (χ4v) is 2.33. The first kappa shape index (κ1) is 15.3. The van der Waals surface area contributed by atoms with Gasteiger partial charge in [-0.25, -0.2) is 4.79 Å². The van der Waals surface area contributed by atoms with Crippen LogP contribution in [-0.4, -0.2) is 25.0 Å². The van der Waals surface area contributed by atoms with Crippen LogP contribution in [0.3, 0.4) is 0 Å². The number of carbonyl (C=O) groups excluding carboxylic acids is 1. The lowest BCUT2D eigenvalue weighted by Gasteiger charge is -2.16. The van der Waals surface area contributed by atoms with E-state index in [4.69, 9.17) is 9.15 Å². The minimum absolute atomic E-state index is 0.357. The fraction of sp³-hybridized carbons (Fsp3) is 0.353. The summed E-state index contributed by atoms with van der Waals surface area (Å²) in [5, 5.41) is 0. The van der Waals surface area contributed by atoms with Gasteiger partial charge >= 0.3 is 5.97 Å². The molecule has 1 aromatic carbocycles. The molecular formula is C17H21NO3. The van der Waals surface area contributed by atoms with Gasteiger partial charge in [0.15, 0.2) is 0 Å². The van der Waals surface area contributed by atoms with Crippen molar-refractivity contribution in [3.8, 4) is 0 Å². The summed E-state index contributed by atoms with van der Waals surface area (Å²) in [4.78, 5) is 13.7. The van der Waals surface area contributed by atoms with Crippen molar-refractivity contribution < 1.29 is 13.9 Å². The predicted octanol–water partition coefficient (Wildman–Crippen LogP) is 3.32. The van der Waals surface area contributed by atoms with Crippen LogP contribution in [0, 0.1) is 13.8 Å². The van der Waals surface area contributed by atoms with Crippen LogP contribution in [0.1, 0.15) is 33.0 Å². The number of carbonyl (C=O) groups is 1. The van der Waals surface area contributed by atoms with Crippen molar-refractivity contribution in [2.75, 3.05) is 14.2 Å². The molecule has 0 spiro atoms. The maximum Gasteiger partial charge on any atom is 0.341 e. The van der Waals surface area contributed by atoms with Crippen LogP contribution < -0.4 is 0 Å². The fourth-order valence-electron chi connectivity index (χ4n) is 2.33. The molecule has 0 saturated carbocycles. The van der Waals surface area contributed by atoms with Crippen LogP contribution in [0.4, 0.5) is 0 Å². The van der Waals surface area contributed by atoms with Crippen LogP contribution in [0.5, 0.6) is 0 Å². The molecule has 2 aromatic rings. The summed E-state index contributed by atoms with van der Waals surface area (Å²) < 4.78 is 10.4. The highest BCUT2D eigenvalue weighted by Crippen LogP contribution is 2.18. The molecule has 112 valence electrons. The van der Waals surface area contributed by atoms with E-state index in [2.05, 4.69) is 24.0 Å². The minimum atomic E-state index is -0.357. The van der Waals surface area contributed by atoms with E-state index in [0.717, 1.165) is 12.3 Å². The van der Waals surface area contributed by atoms with Gasteiger partial charge in [0.2, 0.25) is 0 Å². The van der Waals surface area contributed by atoms with Gasteiger partial charge < -0.3 is 9.15 Å². The first-order valence-electron chi connectivity index (χ1n) is 6.92. The van der Waals surface area contributed by atoms with Crippen LogP contribution >= 0.6 is 0 Å². The lowest BCUT2D eigenvalue weighted by atomic mass is 10.1. The summed E-state index contributed by atoms with van der Waals surface area (Å²) in [6.07, 6.45) is 0. The Bertz CT molecular complexity index is 631. The molecule has 0 atom stereocenters. The van der Waals surface area contributed by atoms with Crippen molar-refractivity contribution in [2.24, 2.45) is 0 Å². The second-order valence-corrected chi connectivity index (χ2v) is 5.27. The Morgan fingerprint density at radius 3 is 2.62 bits per heavy atom. The summed E-state index contributed by atoms with van der Waals surface area (Å²) in [6, 6.07) is 10.1. The van der Waals surface area contributed by atoms with E-state index >= 15 is 0 Å². The Morgan fingerprint density at radius 2 is 1.95 bits per heavy atom. The lowest BCUT2D eigenvalue weighted by molar-refractivity contribution is 0.0599. The minimum Gasteiger partial charge on any atom is -0.465 e. The third-order valence-corrected chi connectivity index (χ3v) is 3.50. The Morgan fingerprint density at radius 1 is 1.24 bits per heavy atom. The molecule has 1 aromatic heterocycles. The van der Waals surface area contributed by atoms with E-state index in [1.165, 1.54) is 18.2 Å². The molecule has 2 rings (SSSR count). The van der Waals surface area contributed by atoms with E-state index < -0.39 is 0 Å². The maximum absolute atomic E-state index is 11.6. The molecule has 4 nitrogen and oxygen atoms in total. The van der Waals surface area contributed by atoms with Gasteiger partial charge in [-0.3, -0.25) is 4.90 Å². The topological polar surface area (TPSA) is 42.7 Å². The molecule has 0 radical (unpaired) electrons. The van der Waals surface area contributed by atoms with Gasteiger partial charge in [0, 0.05) is 6.54 Å². The summed E-state index contributed by atoms with van der Waals surface area (Å²) in [7, 11) is 3.40. The maximum atomic E-state index is 11.6. The molecule has 0 aliphatic carbocycles. The number of ether oxygens (including phenoxy) is 1. The highest BCUT2D eigenvalue weighted by molar-refractivity contribution is 5.90. The van der Waals surface area contributed by atoms with Gasteiger partial charge in [-0.1, -0.05) is 24.3 Å². The smallest absolute Gasteiger partial charge is 0.341 e. The summed E-state index contributed by atoms with van der Waals surface area (Å²) in [6.45, 7) is 5.36. The van der Waals surface area contributed by atoms with Gasteiger partial charge in [-0.05, 0) is 38.1 Å². The summed E-state index contributed by atoms with van der Waals surface area (Å²) in [5.41, 5.74) is 3.06. The van der Waals surface area contributed by atoms with E-state index in [0.29, 0.717) is 17.9 Å². The van der Waals surface area contributed by atoms with Crippen LogP contribution in [-0.2, 0) is 17.8 Å². The molecule has 0 aliphatic rings. The van der Waals surface area contributed by atoms with Crippen molar-refractivity contribution in [3.63, 3.8) is 0 Å². The second-order valence-electron chi connectivity index (χ2n) is 5.27. The zero-order valence-electron chi connectivity index (χ0n) is 13.0. The third kappa shape index (κ3) is 3.73. The van der Waals surface area contributed by atoms with Crippen molar-refractivity contribution in [2.45, 2.75) is 26.9 Å². The number of aryl methyl sites for hydroxylation is 2. The SMILES string of the molecule is COC(=O)c1cc(CN(C)Cc2ccccc2C)oc1C. The van der Waals surface area contributed by atoms with Gasteiger partial charge in [-0.2, -0.15) is 0 Å². The Labute approximate surface area is 125 Å². The molecule has 0 fully saturated rings. The average molecular weight is 287 g/mol. The number of methoxy groups -OCH3 is 1. The van der Waals surface area contributed by atoms with E-state index in [1.807, 2.05) is 19.2 Å². The van der Waals surface area contributed by atoms with E-state index in [9.17, 15) is 4.79 Å². The number of rotatable bonds is 5. The molecule has 0 saturated heterocycles. The Kier molecular flexibility index (Phi) is 4.81. The quantitative estimate of drug-likeness (QED) is 0.791. The number of furan rings is 1. The summed E-state index contributed by atoms with van der Waals surface area (Å²) >= 11 is 0. The van der Waals surface area contributed by atoms with Gasteiger partial charge in [0.1, 0.15) is 17.1 Å². The predicted molar refractivity (Wildman–Crippen MR) is 81.1 cm³/mol. The van der Waals surface area contributed by atoms with Crippen molar-refractivity contribution in [3.05, 3.63) is 58.5 Å². The van der Waals surface area contributed by atoms with Gasteiger partial charge in [0.25, 0.3) is 0 Å². The van der Waals surface area contributed by atoms with Crippen LogP contribution in [0.25, 0.3) is 0 Å². The van der Waals surface area contributed by atoms with Crippen LogP contribution in [0.2, 0.25) is 0 Å². The number of nitrogens with zero attached hydrogens (tertiary/aromatic N) is 1. The highest BCUT2D eigenvalue weighted by Gasteiger charge is 2.16. The number of hydrogen-bond acceptors (Lipinski definition) is 4. The molecule has 4 heteroatoms. The normalized spacial score (nSPS) is 10.9. The van der Waals surface area contributed by atoms with Gasteiger partial charge in [0.05, 0.1) is 13.7 Å². The molecule has 0 N–H and O–H groups in total. The zero-order valence-corrected chi connectivity index (χ0v) is 13.0. The largest absolute Gasteiger partial charge is 0.465 e. The molecule has 0 amide bonds. The highest BCUT2D eigenvalue weighted by atomic mass is 16.5. The lowest BCUT2D eigenvalue weighted by Crippen LogP contribution is -2.17. The monoisotopic (exact) mass is 287 g/mol. The van der Waals surface area contributed by atoms with Crippen LogP contribution in [0.15, 0.2) is 34.7 Å². The first-order valence-corrected chi connectivity index (χ1v) is 6.92. The summed E-state index contributed by atoms with van der Waals surface area (Å²) in [5.74, 6) is 1.01. The number of esters is 1. The molecule has 1 heterocycles. The van der Waals surface area contributed by atoms with Crippen molar-refractivity contribution in [1.82, 2.24) is 4.90 Å². The van der Waals surface area contributed by atoms with Crippen molar-refractivity contribution >= 4 is 5.97 Å². The number of benzene rings is 1. The van der Waals surface area contributed by atoms with Gasteiger partial charge in [-0.15, -0.1) is 0 Å². The molecule has 0 aliphatic heterocycles. The Hall–Kier alpha value is -2.07. The average Bonchev–Trinajstić information content (AvgIpc) is 2.81.